The number of rotatable bonds is 10. The number of amides is 1. The van der Waals surface area contributed by atoms with Crippen LogP contribution in [0.3, 0.4) is 0 Å². The largest absolute Gasteiger partial charge is 0.491 e. The number of allylic oxidation sites excluding steroid dienone is 3. The van der Waals surface area contributed by atoms with Gasteiger partial charge in [-0.2, -0.15) is 0 Å². The Morgan fingerprint density at radius 2 is 1.77 bits per heavy atom. The molecule has 0 spiro atoms. The summed E-state index contributed by atoms with van der Waals surface area (Å²) in [6, 6.07) is 0. The number of carbonyl (C=O) groups excluding carboxylic acids is 1. The lowest BCUT2D eigenvalue weighted by Gasteiger charge is -2.31. The van der Waals surface area contributed by atoms with E-state index in [1.165, 1.54) is 12.5 Å². The van der Waals surface area contributed by atoms with Crippen molar-refractivity contribution in [2.45, 2.75) is 59.8 Å². The molecule has 0 saturated heterocycles. The smallest absolute Gasteiger partial charge is 0.226 e. The van der Waals surface area contributed by atoms with Gasteiger partial charge >= 0.3 is 0 Å². The van der Waals surface area contributed by atoms with Crippen LogP contribution in [-0.2, 0) is 14.3 Å². The summed E-state index contributed by atoms with van der Waals surface area (Å²) in [5, 5.41) is 2.95. The number of carbonyl (C=O) groups is 1. The second-order valence-electron chi connectivity index (χ2n) is 6.57. The van der Waals surface area contributed by atoms with Crippen molar-refractivity contribution < 1.29 is 18.7 Å². The first-order valence-corrected chi connectivity index (χ1v) is 9.56. The molecule has 150 valence electrons. The summed E-state index contributed by atoms with van der Waals surface area (Å²) in [4.78, 5) is 12.2. The molecule has 1 aliphatic carbocycles. The van der Waals surface area contributed by atoms with E-state index >= 15 is 0 Å². The average Bonchev–Trinajstić information content (AvgIpc) is 2.61. The lowest BCUT2D eigenvalue weighted by atomic mass is 9.75. The third-order valence-corrected chi connectivity index (χ3v) is 4.23. The Morgan fingerprint density at radius 3 is 2.31 bits per heavy atom. The van der Waals surface area contributed by atoms with Crippen LogP contribution in [0.2, 0.25) is 0 Å². The zero-order chi connectivity index (χ0) is 20.0. The van der Waals surface area contributed by atoms with E-state index in [2.05, 4.69) is 18.5 Å². The molecule has 0 aromatic rings. The van der Waals surface area contributed by atoms with Crippen molar-refractivity contribution in [1.82, 2.24) is 5.32 Å². The highest BCUT2D eigenvalue weighted by molar-refractivity contribution is 5.82. The maximum absolute atomic E-state index is 12.8. The van der Waals surface area contributed by atoms with Gasteiger partial charge in [0.05, 0.1) is 13.2 Å². The number of ether oxygens (including phenoxy) is 2. The Morgan fingerprint density at radius 1 is 1.15 bits per heavy atom. The van der Waals surface area contributed by atoms with Gasteiger partial charge in [-0.15, -0.1) is 0 Å². The summed E-state index contributed by atoms with van der Waals surface area (Å²) < 4.78 is 23.6. The van der Waals surface area contributed by atoms with Crippen LogP contribution in [0.15, 0.2) is 36.4 Å². The van der Waals surface area contributed by atoms with Gasteiger partial charge in [-0.1, -0.05) is 53.2 Å². The van der Waals surface area contributed by atoms with Gasteiger partial charge in [-0.05, 0) is 25.3 Å². The molecular formula is C21H36FNO3. The molecule has 1 saturated carbocycles. The standard InChI is InChI=1S/C19H30FNO3.C2H6/c1-15(2)17(14-16(3)20)24-13-12-23-11-10-21-18(22)19(4)8-6-5-7-9-19;1-2/h14H,1,3,5-13H2,2,4H3,(H,21,22);1-2H3/b17-14+;. The summed E-state index contributed by atoms with van der Waals surface area (Å²) in [6.07, 6.45) is 6.60. The highest BCUT2D eigenvalue weighted by Gasteiger charge is 2.33. The molecule has 0 atom stereocenters. The third-order valence-electron chi connectivity index (χ3n) is 4.23. The van der Waals surface area contributed by atoms with E-state index in [0.29, 0.717) is 31.1 Å². The molecule has 1 rings (SSSR count). The van der Waals surface area contributed by atoms with Crippen LogP contribution in [0, 0.1) is 5.41 Å². The minimum absolute atomic E-state index is 0.121. The maximum Gasteiger partial charge on any atom is 0.226 e. The molecule has 0 radical (unpaired) electrons. The summed E-state index contributed by atoms with van der Waals surface area (Å²) in [5.41, 5.74) is 0.402. The Balaban J connectivity index is 0.00000301. The van der Waals surface area contributed by atoms with Crippen LogP contribution in [0.25, 0.3) is 0 Å². The molecule has 26 heavy (non-hydrogen) atoms. The molecule has 1 fully saturated rings. The SMILES string of the molecule is C=C(F)/C=C(/OCCOCCNC(=O)C1(C)CCCCC1)C(=C)C.CC. The van der Waals surface area contributed by atoms with Gasteiger partial charge in [0, 0.05) is 18.0 Å². The molecule has 0 bridgehead atoms. The zero-order valence-corrected chi connectivity index (χ0v) is 17.0. The van der Waals surface area contributed by atoms with E-state index in [1.807, 2.05) is 20.8 Å². The first-order valence-electron chi connectivity index (χ1n) is 9.56. The lowest BCUT2D eigenvalue weighted by molar-refractivity contribution is -0.132. The second-order valence-corrected chi connectivity index (χ2v) is 6.57. The average molecular weight is 370 g/mol. The molecule has 0 unspecified atom stereocenters. The van der Waals surface area contributed by atoms with Crippen molar-refractivity contribution in [1.29, 1.82) is 0 Å². The molecule has 1 amide bonds. The number of halogens is 1. The summed E-state index contributed by atoms with van der Waals surface area (Å²) in [5.74, 6) is -0.0894. The van der Waals surface area contributed by atoms with Crippen LogP contribution in [0.1, 0.15) is 59.8 Å². The topological polar surface area (TPSA) is 47.6 Å². The minimum Gasteiger partial charge on any atom is -0.491 e. The third kappa shape index (κ3) is 9.76. The van der Waals surface area contributed by atoms with Crippen LogP contribution in [0.5, 0.6) is 0 Å². The second kappa shape index (κ2) is 13.6. The van der Waals surface area contributed by atoms with Crippen molar-refractivity contribution in [2.24, 2.45) is 5.41 Å². The zero-order valence-electron chi connectivity index (χ0n) is 17.0. The number of hydrogen-bond acceptors (Lipinski definition) is 3. The predicted molar refractivity (Wildman–Crippen MR) is 105 cm³/mol. The number of hydrogen-bond donors (Lipinski definition) is 1. The van der Waals surface area contributed by atoms with Crippen LogP contribution in [-0.4, -0.2) is 32.3 Å². The van der Waals surface area contributed by atoms with Crippen LogP contribution < -0.4 is 5.32 Å². The maximum atomic E-state index is 12.8. The molecule has 0 heterocycles. The summed E-state index contributed by atoms with van der Waals surface area (Å²) in [6.45, 7) is 16.2. The quantitative estimate of drug-likeness (QED) is 0.332. The Hall–Kier alpha value is -1.62. The first kappa shape index (κ1) is 24.4. The van der Waals surface area contributed by atoms with Crippen molar-refractivity contribution in [2.75, 3.05) is 26.4 Å². The van der Waals surface area contributed by atoms with Crippen molar-refractivity contribution in [3.05, 3.63) is 36.4 Å². The molecule has 4 nitrogen and oxygen atoms in total. The van der Waals surface area contributed by atoms with E-state index in [-0.39, 0.29) is 17.9 Å². The van der Waals surface area contributed by atoms with Crippen molar-refractivity contribution in [3.8, 4) is 0 Å². The van der Waals surface area contributed by atoms with Crippen LogP contribution in [0.4, 0.5) is 4.39 Å². The lowest BCUT2D eigenvalue weighted by Crippen LogP contribution is -2.41. The number of nitrogens with one attached hydrogen (secondary N) is 1. The Kier molecular flexibility index (Phi) is 12.7. The monoisotopic (exact) mass is 369 g/mol. The van der Waals surface area contributed by atoms with E-state index in [1.54, 1.807) is 6.92 Å². The van der Waals surface area contributed by atoms with Gasteiger partial charge in [0.1, 0.15) is 18.2 Å². The van der Waals surface area contributed by atoms with Crippen molar-refractivity contribution >= 4 is 5.91 Å². The van der Waals surface area contributed by atoms with Gasteiger partial charge in [0.15, 0.2) is 0 Å². The fourth-order valence-corrected chi connectivity index (χ4v) is 2.75. The van der Waals surface area contributed by atoms with Crippen molar-refractivity contribution in [3.63, 3.8) is 0 Å². The molecule has 1 aliphatic rings. The summed E-state index contributed by atoms with van der Waals surface area (Å²) >= 11 is 0. The Bertz CT molecular complexity index is 480. The molecule has 5 heteroatoms. The fourth-order valence-electron chi connectivity index (χ4n) is 2.75. The molecule has 1 N–H and O–H groups in total. The molecule has 0 aromatic carbocycles. The molecular weight excluding hydrogens is 333 g/mol. The van der Waals surface area contributed by atoms with Gasteiger partial charge in [-0.25, -0.2) is 4.39 Å². The predicted octanol–water partition coefficient (Wildman–Crippen LogP) is 5.08. The van der Waals surface area contributed by atoms with E-state index in [9.17, 15) is 9.18 Å². The van der Waals surface area contributed by atoms with Gasteiger partial charge in [0.2, 0.25) is 5.91 Å². The van der Waals surface area contributed by atoms with Crippen LogP contribution >= 0.6 is 0 Å². The highest BCUT2D eigenvalue weighted by Crippen LogP contribution is 2.35. The van der Waals surface area contributed by atoms with Gasteiger partial charge in [0.25, 0.3) is 0 Å². The van der Waals surface area contributed by atoms with Gasteiger partial charge < -0.3 is 14.8 Å². The normalized spacial score (nSPS) is 16.1. The van der Waals surface area contributed by atoms with E-state index < -0.39 is 5.83 Å². The molecule has 0 aliphatic heterocycles. The minimum atomic E-state index is -0.576. The summed E-state index contributed by atoms with van der Waals surface area (Å²) in [7, 11) is 0. The molecule has 0 aromatic heterocycles. The van der Waals surface area contributed by atoms with E-state index in [0.717, 1.165) is 25.7 Å². The fraction of sp³-hybridized carbons (Fsp3) is 0.667. The van der Waals surface area contributed by atoms with E-state index in [4.69, 9.17) is 9.47 Å². The Labute approximate surface area is 158 Å². The van der Waals surface area contributed by atoms with Gasteiger partial charge in [-0.3, -0.25) is 4.79 Å². The first-order chi connectivity index (χ1) is 12.3. The highest BCUT2D eigenvalue weighted by atomic mass is 19.1.